The van der Waals surface area contributed by atoms with E-state index in [4.69, 9.17) is 16.3 Å². The van der Waals surface area contributed by atoms with Gasteiger partial charge >= 0.3 is 0 Å². The number of hydrogen-bond acceptors (Lipinski definition) is 5. The molecule has 0 N–H and O–H groups in total. The van der Waals surface area contributed by atoms with E-state index in [0.717, 1.165) is 12.8 Å². The summed E-state index contributed by atoms with van der Waals surface area (Å²) < 4.78 is 31.1. The topological polar surface area (TPSA) is 72.4 Å². The van der Waals surface area contributed by atoms with Gasteiger partial charge in [0.25, 0.3) is 0 Å². The monoisotopic (exact) mass is 291 g/mol. The smallest absolute Gasteiger partial charge is 0.246 e. The molecule has 1 aromatic heterocycles. The van der Waals surface area contributed by atoms with Gasteiger partial charge in [-0.15, -0.1) is 0 Å². The van der Waals surface area contributed by atoms with E-state index in [2.05, 4.69) is 9.97 Å². The summed E-state index contributed by atoms with van der Waals surface area (Å²) in [6.07, 6.45) is 4.23. The van der Waals surface area contributed by atoms with Gasteiger partial charge in [0.1, 0.15) is 4.90 Å². The van der Waals surface area contributed by atoms with Gasteiger partial charge in [-0.1, -0.05) is 0 Å². The molecule has 6 nitrogen and oxygen atoms in total. The van der Waals surface area contributed by atoms with Gasteiger partial charge < -0.3 is 4.74 Å². The van der Waals surface area contributed by atoms with Crippen LogP contribution in [0.1, 0.15) is 12.8 Å². The number of aromatic nitrogens is 2. The van der Waals surface area contributed by atoms with Crippen molar-refractivity contribution in [2.24, 2.45) is 0 Å². The van der Waals surface area contributed by atoms with Crippen LogP contribution in [0.15, 0.2) is 17.3 Å². The maximum atomic E-state index is 12.4. The van der Waals surface area contributed by atoms with Crippen molar-refractivity contribution >= 4 is 21.6 Å². The maximum Gasteiger partial charge on any atom is 0.246 e. The summed E-state index contributed by atoms with van der Waals surface area (Å²) in [4.78, 5) is 7.47. The van der Waals surface area contributed by atoms with Crippen LogP contribution in [0.3, 0.4) is 0 Å². The van der Waals surface area contributed by atoms with Gasteiger partial charge in [-0.25, -0.2) is 18.4 Å². The first-order chi connectivity index (χ1) is 8.55. The molecule has 1 fully saturated rings. The van der Waals surface area contributed by atoms with Crippen molar-refractivity contribution in [3.63, 3.8) is 0 Å². The second-order valence-electron chi connectivity index (χ2n) is 4.03. The lowest BCUT2D eigenvalue weighted by Crippen LogP contribution is -2.35. The van der Waals surface area contributed by atoms with E-state index in [1.54, 1.807) is 7.11 Å². The van der Waals surface area contributed by atoms with Crippen LogP contribution < -0.4 is 0 Å². The average Bonchev–Trinajstić information content (AvgIpc) is 3.14. The minimum atomic E-state index is -3.56. The first-order valence-electron chi connectivity index (χ1n) is 5.54. The lowest BCUT2D eigenvalue weighted by molar-refractivity contribution is 0.177. The number of rotatable bonds is 6. The molecule has 0 aliphatic heterocycles. The SMILES string of the molecule is COCCN(C1CC1)S(=O)(=O)c1cnc(Cl)nc1. The molecule has 8 heteroatoms. The minimum Gasteiger partial charge on any atom is -0.383 e. The van der Waals surface area contributed by atoms with Crippen LogP contribution >= 0.6 is 11.6 Å². The lowest BCUT2D eigenvalue weighted by atomic mass is 10.6. The molecule has 0 aromatic carbocycles. The van der Waals surface area contributed by atoms with Crippen LogP contribution in [0.2, 0.25) is 5.28 Å². The van der Waals surface area contributed by atoms with E-state index in [0.29, 0.717) is 13.2 Å². The third kappa shape index (κ3) is 2.97. The first kappa shape index (κ1) is 13.7. The Kier molecular flexibility index (Phi) is 4.16. The molecule has 1 heterocycles. The van der Waals surface area contributed by atoms with Gasteiger partial charge in [-0.05, 0) is 24.4 Å². The Morgan fingerprint density at radius 2 is 2.06 bits per heavy atom. The Hall–Kier alpha value is -0.760. The van der Waals surface area contributed by atoms with Crippen LogP contribution in [0.5, 0.6) is 0 Å². The molecule has 1 aromatic rings. The van der Waals surface area contributed by atoms with Crippen molar-refractivity contribution in [3.8, 4) is 0 Å². The van der Waals surface area contributed by atoms with E-state index in [-0.39, 0.29) is 16.2 Å². The Morgan fingerprint density at radius 3 is 2.56 bits per heavy atom. The van der Waals surface area contributed by atoms with Crippen molar-refractivity contribution in [1.29, 1.82) is 0 Å². The summed E-state index contributed by atoms with van der Waals surface area (Å²) in [7, 11) is -2.01. The van der Waals surface area contributed by atoms with E-state index < -0.39 is 10.0 Å². The zero-order chi connectivity index (χ0) is 13.2. The highest BCUT2D eigenvalue weighted by atomic mass is 35.5. The molecule has 0 radical (unpaired) electrons. The largest absolute Gasteiger partial charge is 0.383 e. The Labute approximate surface area is 111 Å². The summed E-state index contributed by atoms with van der Waals surface area (Å²) in [5, 5.41) is 0.0313. The van der Waals surface area contributed by atoms with Crippen molar-refractivity contribution in [1.82, 2.24) is 14.3 Å². The Morgan fingerprint density at radius 1 is 1.44 bits per heavy atom. The Bertz CT molecular complexity index is 502. The van der Waals surface area contributed by atoms with Crippen LogP contribution in [-0.2, 0) is 14.8 Å². The van der Waals surface area contributed by atoms with E-state index in [1.807, 2.05) is 0 Å². The zero-order valence-electron chi connectivity index (χ0n) is 9.91. The van der Waals surface area contributed by atoms with Crippen LogP contribution in [0.25, 0.3) is 0 Å². The number of hydrogen-bond donors (Lipinski definition) is 0. The number of halogens is 1. The summed E-state index contributed by atoms with van der Waals surface area (Å²) in [5.41, 5.74) is 0. The number of ether oxygens (including phenoxy) is 1. The molecule has 0 spiro atoms. The average molecular weight is 292 g/mol. The van der Waals surface area contributed by atoms with Crippen LogP contribution in [0.4, 0.5) is 0 Å². The fraction of sp³-hybridized carbons (Fsp3) is 0.600. The predicted molar refractivity (Wildman–Crippen MR) is 65.8 cm³/mol. The quantitative estimate of drug-likeness (QED) is 0.729. The number of nitrogens with zero attached hydrogens (tertiary/aromatic N) is 3. The first-order valence-corrected chi connectivity index (χ1v) is 7.36. The van der Waals surface area contributed by atoms with Gasteiger partial charge in [-0.3, -0.25) is 0 Å². The number of sulfonamides is 1. The summed E-state index contributed by atoms with van der Waals surface area (Å²) in [6.45, 7) is 0.705. The zero-order valence-corrected chi connectivity index (χ0v) is 11.5. The standard InChI is InChI=1S/C10H14ClN3O3S/c1-17-5-4-14(8-2-3-8)18(15,16)9-6-12-10(11)13-7-9/h6-8H,2-5H2,1H3. The van der Waals surface area contributed by atoms with Gasteiger partial charge in [0.05, 0.1) is 19.0 Å². The molecule has 1 saturated carbocycles. The second kappa shape index (κ2) is 5.48. The molecule has 0 bridgehead atoms. The van der Waals surface area contributed by atoms with Gasteiger partial charge in [0.15, 0.2) is 0 Å². The second-order valence-corrected chi connectivity index (χ2v) is 6.26. The third-order valence-electron chi connectivity index (χ3n) is 2.67. The van der Waals surface area contributed by atoms with Crippen molar-refractivity contribution < 1.29 is 13.2 Å². The van der Waals surface area contributed by atoms with Crippen molar-refractivity contribution in [2.45, 2.75) is 23.8 Å². The summed E-state index contributed by atoms with van der Waals surface area (Å²) >= 11 is 5.55. The molecule has 1 aliphatic rings. The predicted octanol–water partition coefficient (Wildman–Crippen LogP) is 0.930. The molecular formula is C10H14ClN3O3S. The normalized spacial score (nSPS) is 16.2. The minimum absolute atomic E-state index is 0.0313. The van der Waals surface area contributed by atoms with Gasteiger partial charge in [0.2, 0.25) is 15.3 Å². The Balaban J connectivity index is 2.24. The van der Waals surface area contributed by atoms with E-state index >= 15 is 0 Å². The van der Waals surface area contributed by atoms with Gasteiger partial charge in [0, 0.05) is 19.7 Å². The maximum absolute atomic E-state index is 12.4. The summed E-state index contributed by atoms with van der Waals surface area (Å²) in [5.74, 6) is 0. The highest BCUT2D eigenvalue weighted by Gasteiger charge is 2.38. The number of methoxy groups -OCH3 is 1. The molecule has 18 heavy (non-hydrogen) atoms. The molecule has 100 valence electrons. The van der Waals surface area contributed by atoms with Crippen molar-refractivity contribution in [3.05, 3.63) is 17.7 Å². The van der Waals surface area contributed by atoms with E-state index in [9.17, 15) is 8.42 Å². The molecule has 1 aliphatic carbocycles. The molecular weight excluding hydrogens is 278 g/mol. The molecule has 0 amide bonds. The molecule has 0 atom stereocenters. The molecule has 2 rings (SSSR count). The lowest BCUT2D eigenvalue weighted by Gasteiger charge is -2.20. The molecule has 0 unspecified atom stereocenters. The van der Waals surface area contributed by atoms with Gasteiger partial charge in [-0.2, -0.15) is 4.31 Å². The fourth-order valence-corrected chi connectivity index (χ4v) is 3.27. The van der Waals surface area contributed by atoms with Crippen LogP contribution in [0, 0.1) is 0 Å². The van der Waals surface area contributed by atoms with Crippen molar-refractivity contribution in [2.75, 3.05) is 20.3 Å². The van der Waals surface area contributed by atoms with Crippen LogP contribution in [-0.4, -0.2) is 49.0 Å². The summed E-state index contributed by atoms with van der Waals surface area (Å²) in [6, 6.07) is 0.0702. The highest BCUT2D eigenvalue weighted by molar-refractivity contribution is 7.89. The third-order valence-corrected chi connectivity index (χ3v) is 4.77. The fourth-order valence-electron chi connectivity index (χ4n) is 1.61. The molecule has 0 saturated heterocycles. The van der Waals surface area contributed by atoms with E-state index in [1.165, 1.54) is 16.7 Å². The highest BCUT2D eigenvalue weighted by Crippen LogP contribution is 2.31.